The number of carboxylic acids is 1. The molecule has 1 saturated carbocycles. The minimum atomic E-state index is -0.795. The van der Waals surface area contributed by atoms with Gasteiger partial charge in [-0.25, -0.2) is 9.97 Å². The summed E-state index contributed by atoms with van der Waals surface area (Å²) < 4.78 is 0. The topological polar surface area (TPSA) is 66.3 Å². The van der Waals surface area contributed by atoms with Crippen LogP contribution in [-0.2, 0) is 10.2 Å². The van der Waals surface area contributed by atoms with Crippen LogP contribution < -0.4 is 0 Å². The molecule has 1 aliphatic carbocycles. The van der Waals surface area contributed by atoms with Gasteiger partial charge in [0.25, 0.3) is 0 Å². The fraction of sp³-hybridized carbons (Fsp3) is 0.643. The normalized spacial score (nSPS) is 26.1. The molecule has 0 bridgehead atoms. The van der Waals surface area contributed by atoms with Crippen molar-refractivity contribution in [3.05, 3.63) is 23.8 Å². The van der Waals surface area contributed by atoms with Crippen molar-refractivity contribution >= 4 is 5.97 Å². The van der Waals surface area contributed by atoms with E-state index in [0.29, 0.717) is 24.6 Å². The fourth-order valence-electron chi connectivity index (χ4n) is 2.90. The van der Waals surface area contributed by atoms with Crippen molar-refractivity contribution in [2.24, 2.45) is 0 Å². The van der Waals surface area contributed by atoms with Crippen LogP contribution in [0.15, 0.2) is 12.3 Å². The van der Waals surface area contributed by atoms with E-state index < -0.39 is 11.4 Å². The molecule has 3 rings (SSSR count). The molecule has 2 aliphatic rings. The number of hydrogen-bond acceptors (Lipinski definition) is 4. The zero-order valence-corrected chi connectivity index (χ0v) is 11.2. The number of aliphatic carboxylic acids is 1. The maximum absolute atomic E-state index is 11.3. The second kappa shape index (κ2) is 4.56. The summed E-state index contributed by atoms with van der Waals surface area (Å²) in [4.78, 5) is 22.4. The first kappa shape index (κ1) is 12.5. The molecule has 0 aromatic carbocycles. The molecule has 0 spiro atoms. The lowest BCUT2D eigenvalue weighted by molar-refractivity contribution is -0.140. The van der Waals surface area contributed by atoms with Crippen LogP contribution in [0.25, 0.3) is 0 Å². The van der Waals surface area contributed by atoms with Gasteiger partial charge in [-0.2, -0.15) is 0 Å². The lowest BCUT2D eigenvalue weighted by atomic mass is 9.94. The molecule has 1 saturated heterocycles. The Labute approximate surface area is 112 Å². The number of aromatic nitrogens is 2. The largest absolute Gasteiger partial charge is 0.480 e. The summed E-state index contributed by atoms with van der Waals surface area (Å²) >= 11 is 0. The number of hydrogen-bond donors (Lipinski definition) is 1. The average molecular weight is 261 g/mol. The van der Waals surface area contributed by atoms with E-state index in [0.717, 1.165) is 25.2 Å². The van der Waals surface area contributed by atoms with Crippen molar-refractivity contribution in [2.75, 3.05) is 20.1 Å². The quantitative estimate of drug-likeness (QED) is 0.891. The van der Waals surface area contributed by atoms with Gasteiger partial charge in [0, 0.05) is 24.4 Å². The summed E-state index contributed by atoms with van der Waals surface area (Å²) in [7, 11) is 2.12. The Morgan fingerprint density at radius 3 is 2.95 bits per heavy atom. The molecule has 1 aromatic heterocycles. The van der Waals surface area contributed by atoms with E-state index in [4.69, 9.17) is 0 Å². The highest BCUT2D eigenvalue weighted by Gasteiger charge is 2.54. The summed E-state index contributed by atoms with van der Waals surface area (Å²) in [6.07, 6.45) is 5.34. The summed E-state index contributed by atoms with van der Waals surface area (Å²) in [5.41, 5.74) is 0.209. The fourth-order valence-corrected chi connectivity index (χ4v) is 2.90. The third kappa shape index (κ3) is 2.23. The van der Waals surface area contributed by atoms with E-state index in [9.17, 15) is 9.90 Å². The van der Waals surface area contributed by atoms with E-state index in [1.54, 1.807) is 6.20 Å². The Kier molecular flexibility index (Phi) is 3.01. The minimum Gasteiger partial charge on any atom is -0.480 e. The molecule has 19 heavy (non-hydrogen) atoms. The van der Waals surface area contributed by atoms with E-state index in [-0.39, 0.29) is 0 Å². The third-order valence-electron chi connectivity index (χ3n) is 4.31. The summed E-state index contributed by atoms with van der Waals surface area (Å²) in [6, 6.07) is 1.94. The van der Waals surface area contributed by atoms with E-state index in [1.165, 1.54) is 6.42 Å². The first-order valence-electron chi connectivity index (χ1n) is 6.87. The standard InChI is InChI=1S/C14H19N3O2/c1-17-8-2-3-10(9-17)11-4-7-15-12(16-11)14(5-6-14)13(18)19/h4,7,10H,2-3,5-6,8-9H2,1H3,(H,18,19). The number of rotatable bonds is 3. The van der Waals surface area contributed by atoms with Crippen molar-refractivity contribution in [2.45, 2.75) is 37.0 Å². The molecular formula is C14H19N3O2. The van der Waals surface area contributed by atoms with Gasteiger partial charge in [-0.05, 0) is 45.3 Å². The maximum atomic E-state index is 11.3. The monoisotopic (exact) mass is 261 g/mol. The van der Waals surface area contributed by atoms with Gasteiger partial charge in [-0.15, -0.1) is 0 Å². The zero-order chi connectivity index (χ0) is 13.5. The predicted molar refractivity (Wildman–Crippen MR) is 70.1 cm³/mol. The van der Waals surface area contributed by atoms with Crippen molar-refractivity contribution < 1.29 is 9.90 Å². The molecule has 102 valence electrons. The molecule has 1 unspecified atom stereocenters. The highest BCUT2D eigenvalue weighted by molar-refractivity contribution is 5.83. The summed E-state index contributed by atoms with van der Waals surface area (Å²) in [5.74, 6) is 0.126. The number of nitrogens with zero attached hydrogens (tertiary/aromatic N) is 3. The Hall–Kier alpha value is -1.49. The molecule has 1 atom stereocenters. The van der Waals surface area contributed by atoms with Gasteiger partial charge in [-0.1, -0.05) is 0 Å². The van der Waals surface area contributed by atoms with Gasteiger partial charge in [0.1, 0.15) is 11.2 Å². The van der Waals surface area contributed by atoms with Crippen molar-refractivity contribution in [3.8, 4) is 0 Å². The van der Waals surface area contributed by atoms with E-state index >= 15 is 0 Å². The zero-order valence-electron chi connectivity index (χ0n) is 11.2. The minimum absolute atomic E-state index is 0.407. The van der Waals surface area contributed by atoms with Crippen LogP contribution in [0, 0.1) is 0 Å². The smallest absolute Gasteiger partial charge is 0.317 e. The highest BCUT2D eigenvalue weighted by atomic mass is 16.4. The number of carbonyl (C=O) groups is 1. The first-order chi connectivity index (χ1) is 9.12. The van der Waals surface area contributed by atoms with Crippen LogP contribution in [0.5, 0.6) is 0 Å². The first-order valence-corrected chi connectivity index (χ1v) is 6.87. The van der Waals surface area contributed by atoms with Crippen LogP contribution >= 0.6 is 0 Å². The van der Waals surface area contributed by atoms with Crippen molar-refractivity contribution in [3.63, 3.8) is 0 Å². The van der Waals surface area contributed by atoms with Gasteiger partial charge in [0.05, 0.1) is 0 Å². The van der Waals surface area contributed by atoms with Crippen molar-refractivity contribution in [1.29, 1.82) is 0 Å². The van der Waals surface area contributed by atoms with Crippen LogP contribution in [0.2, 0.25) is 0 Å². The lowest BCUT2D eigenvalue weighted by Gasteiger charge is -2.29. The molecule has 2 heterocycles. The lowest BCUT2D eigenvalue weighted by Crippen LogP contribution is -2.32. The Bertz CT molecular complexity index is 499. The molecule has 1 N–H and O–H groups in total. The summed E-state index contributed by atoms with van der Waals surface area (Å²) in [5, 5.41) is 9.31. The number of carboxylic acid groups (broad SMARTS) is 1. The van der Waals surface area contributed by atoms with Gasteiger partial charge in [-0.3, -0.25) is 4.79 Å². The number of likely N-dealkylation sites (tertiary alicyclic amines) is 1. The van der Waals surface area contributed by atoms with Crippen LogP contribution in [0.3, 0.4) is 0 Å². The second-order valence-corrected chi connectivity index (χ2v) is 5.79. The number of piperidine rings is 1. The average Bonchev–Trinajstić information content (AvgIpc) is 3.20. The second-order valence-electron chi connectivity index (χ2n) is 5.79. The molecule has 5 nitrogen and oxygen atoms in total. The molecule has 2 fully saturated rings. The molecule has 5 heteroatoms. The maximum Gasteiger partial charge on any atom is 0.317 e. The van der Waals surface area contributed by atoms with Gasteiger partial charge in [0.15, 0.2) is 0 Å². The Morgan fingerprint density at radius 1 is 1.53 bits per heavy atom. The molecule has 1 aromatic rings. The van der Waals surface area contributed by atoms with E-state index in [1.807, 2.05) is 6.07 Å². The van der Waals surface area contributed by atoms with Gasteiger partial charge < -0.3 is 10.0 Å². The molecule has 1 aliphatic heterocycles. The van der Waals surface area contributed by atoms with Gasteiger partial charge >= 0.3 is 5.97 Å². The van der Waals surface area contributed by atoms with Crippen LogP contribution in [0.1, 0.15) is 43.1 Å². The van der Waals surface area contributed by atoms with Crippen LogP contribution in [0.4, 0.5) is 0 Å². The SMILES string of the molecule is CN1CCCC(c2ccnc(C3(C(=O)O)CC3)n2)C1. The molecule has 0 amide bonds. The molecular weight excluding hydrogens is 242 g/mol. The van der Waals surface area contributed by atoms with Crippen LogP contribution in [-0.4, -0.2) is 46.1 Å². The predicted octanol–water partition coefficient (Wildman–Crippen LogP) is 1.40. The van der Waals surface area contributed by atoms with Crippen molar-refractivity contribution in [1.82, 2.24) is 14.9 Å². The van der Waals surface area contributed by atoms with Gasteiger partial charge in [0.2, 0.25) is 0 Å². The highest BCUT2D eigenvalue weighted by Crippen LogP contribution is 2.47. The Morgan fingerprint density at radius 2 is 2.32 bits per heavy atom. The number of likely N-dealkylation sites (N-methyl/N-ethyl adjacent to an activating group) is 1. The third-order valence-corrected chi connectivity index (χ3v) is 4.31. The summed E-state index contributed by atoms with van der Waals surface area (Å²) in [6.45, 7) is 2.13. The molecule has 0 radical (unpaired) electrons. The van der Waals surface area contributed by atoms with E-state index in [2.05, 4.69) is 21.9 Å². The Balaban J connectivity index is 1.86.